The maximum Gasteiger partial charge on any atom is 0.295 e. The van der Waals surface area contributed by atoms with Crippen LogP contribution in [0.3, 0.4) is 0 Å². The molecule has 9 heteroatoms. The van der Waals surface area contributed by atoms with E-state index in [-0.39, 0.29) is 11.3 Å². The van der Waals surface area contributed by atoms with Crippen LogP contribution in [0.4, 0.5) is 0 Å². The summed E-state index contributed by atoms with van der Waals surface area (Å²) in [5.74, 6) is -0.375. The molecule has 0 radical (unpaired) electrons. The second-order valence-corrected chi connectivity index (χ2v) is 7.89. The lowest BCUT2D eigenvalue weighted by atomic mass is 9.99. The van der Waals surface area contributed by atoms with Gasteiger partial charge in [-0.1, -0.05) is 0 Å². The van der Waals surface area contributed by atoms with E-state index in [1.54, 1.807) is 30.3 Å². The van der Waals surface area contributed by atoms with Crippen LogP contribution in [-0.2, 0) is 14.3 Å². The Hall–Kier alpha value is -3.30. The highest BCUT2D eigenvalue weighted by Crippen LogP contribution is 2.40. The number of Topliss-reactive ketones (excluding diaryl/α,β-unsaturated/α-hetero) is 1. The number of aliphatic hydroxyl groups is 1. The van der Waals surface area contributed by atoms with Gasteiger partial charge in [0.05, 0.1) is 39.3 Å². The lowest BCUT2D eigenvalue weighted by molar-refractivity contribution is -0.140. The first-order valence-electron chi connectivity index (χ1n) is 10.9. The van der Waals surface area contributed by atoms with Crippen molar-refractivity contribution in [3.8, 4) is 11.5 Å². The molecule has 1 aromatic heterocycles. The zero-order valence-electron chi connectivity index (χ0n) is 18.8. The average Bonchev–Trinajstić information content (AvgIpc) is 3.46. The van der Waals surface area contributed by atoms with Crippen LogP contribution in [0.1, 0.15) is 23.8 Å². The van der Waals surface area contributed by atoms with Gasteiger partial charge in [-0.2, -0.15) is 0 Å². The summed E-state index contributed by atoms with van der Waals surface area (Å²) < 4.78 is 21.5. The number of rotatable bonds is 8. The van der Waals surface area contributed by atoms with Crippen LogP contribution < -0.4 is 9.47 Å². The van der Waals surface area contributed by atoms with Crippen LogP contribution >= 0.6 is 0 Å². The van der Waals surface area contributed by atoms with E-state index in [0.717, 1.165) is 19.6 Å². The molecular weight excluding hydrogens is 428 g/mol. The van der Waals surface area contributed by atoms with E-state index in [9.17, 15) is 14.7 Å². The number of ketones is 1. The molecule has 0 aliphatic carbocycles. The molecule has 9 nitrogen and oxygen atoms in total. The maximum atomic E-state index is 13.0. The summed E-state index contributed by atoms with van der Waals surface area (Å²) >= 11 is 0. The van der Waals surface area contributed by atoms with Crippen LogP contribution in [0.2, 0.25) is 0 Å². The Kier molecular flexibility index (Phi) is 7.00. The molecule has 2 aliphatic heterocycles. The third-order valence-corrected chi connectivity index (χ3v) is 5.99. The number of ether oxygens (including phenoxy) is 3. The minimum atomic E-state index is -0.808. The van der Waals surface area contributed by atoms with E-state index in [4.69, 9.17) is 18.6 Å². The molecule has 1 N–H and O–H groups in total. The quantitative estimate of drug-likeness (QED) is 0.367. The molecular formula is C24H28N2O7. The van der Waals surface area contributed by atoms with Crippen LogP contribution in [-0.4, -0.2) is 80.2 Å². The Morgan fingerprint density at radius 3 is 2.52 bits per heavy atom. The summed E-state index contributed by atoms with van der Waals surface area (Å²) in [6.45, 7) is 4.23. The van der Waals surface area contributed by atoms with Gasteiger partial charge in [-0.3, -0.25) is 14.5 Å². The van der Waals surface area contributed by atoms with E-state index in [0.29, 0.717) is 49.0 Å². The molecule has 3 heterocycles. The summed E-state index contributed by atoms with van der Waals surface area (Å²) in [5, 5.41) is 11.1. The number of carbonyl (C=O) groups is 2. The number of carbonyl (C=O) groups excluding carboxylic acids is 2. The second-order valence-electron chi connectivity index (χ2n) is 7.89. The zero-order valence-corrected chi connectivity index (χ0v) is 18.8. The van der Waals surface area contributed by atoms with Crippen molar-refractivity contribution in [3.63, 3.8) is 0 Å². The van der Waals surface area contributed by atoms with Crippen molar-refractivity contribution in [2.45, 2.75) is 12.5 Å². The number of methoxy groups -OCH3 is 2. The van der Waals surface area contributed by atoms with Crippen molar-refractivity contribution in [3.05, 3.63) is 53.5 Å². The molecule has 2 saturated heterocycles. The van der Waals surface area contributed by atoms with Gasteiger partial charge in [-0.05, 0) is 36.8 Å². The van der Waals surface area contributed by atoms with E-state index in [1.165, 1.54) is 25.4 Å². The van der Waals surface area contributed by atoms with E-state index < -0.39 is 17.7 Å². The number of furan rings is 1. The number of likely N-dealkylation sites (tertiary alicyclic amines) is 1. The summed E-state index contributed by atoms with van der Waals surface area (Å²) in [7, 11) is 2.99. The number of benzene rings is 1. The van der Waals surface area contributed by atoms with Gasteiger partial charge in [0.2, 0.25) is 0 Å². The molecule has 176 valence electrons. The monoisotopic (exact) mass is 456 g/mol. The van der Waals surface area contributed by atoms with Crippen LogP contribution in [0.15, 0.2) is 46.6 Å². The molecule has 4 rings (SSSR count). The minimum absolute atomic E-state index is 0.00598. The standard InChI is InChI=1S/C24H28N2O7/c1-30-17-7-6-16(15-19(17)31-2)22(27)20-21(18-5-3-12-33-18)26(24(29)23(20)28)9-4-8-25-10-13-32-14-11-25/h3,5-7,12,15,21,27H,4,8-11,13-14H2,1-2H3/b22-20-. The average molecular weight is 456 g/mol. The lowest BCUT2D eigenvalue weighted by Crippen LogP contribution is -2.38. The normalized spacial score (nSPS) is 20.9. The molecule has 33 heavy (non-hydrogen) atoms. The molecule has 1 amide bonds. The van der Waals surface area contributed by atoms with Gasteiger partial charge >= 0.3 is 0 Å². The molecule has 2 aliphatic rings. The fraction of sp³-hybridized carbons (Fsp3) is 0.417. The highest BCUT2D eigenvalue weighted by molar-refractivity contribution is 6.46. The smallest absolute Gasteiger partial charge is 0.295 e. The van der Waals surface area contributed by atoms with Crippen molar-refractivity contribution < 1.29 is 33.3 Å². The number of hydrogen-bond donors (Lipinski definition) is 1. The first-order chi connectivity index (χ1) is 16.0. The Bertz CT molecular complexity index is 1030. The number of amides is 1. The zero-order chi connectivity index (χ0) is 23.4. The molecule has 2 aromatic rings. The topological polar surface area (TPSA) is 102 Å². The van der Waals surface area contributed by atoms with Crippen LogP contribution in [0.5, 0.6) is 11.5 Å². The van der Waals surface area contributed by atoms with Gasteiger partial charge in [0.25, 0.3) is 11.7 Å². The Labute approximate surface area is 192 Å². The summed E-state index contributed by atoms with van der Waals surface area (Å²) in [5.41, 5.74) is 0.337. The molecule has 1 atom stereocenters. The molecule has 0 spiro atoms. The number of hydrogen-bond acceptors (Lipinski definition) is 8. The van der Waals surface area contributed by atoms with Gasteiger partial charge in [0.1, 0.15) is 17.6 Å². The van der Waals surface area contributed by atoms with Gasteiger partial charge < -0.3 is 28.6 Å². The summed E-state index contributed by atoms with van der Waals surface area (Å²) in [6.07, 6.45) is 2.17. The van der Waals surface area contributed by atoms with Crippen molar-refractivity contribution in [2.75, 3.05) is 53.6 Å². The minimum Gasteiger partial charge on any atom is -0.507 e. The second kappa shape index (κ2) is 10.1. The number of aliphatic hydroxyl groups excluding tert-OH is 1. The summed E-state index contributed by atoms with van der Waals surface area (Å²) in [4.78, 5) is 29.8. The third-order valence-electron chi connectivity index (χ3n) is 5.99. The third kappa shape index (κ3) is 4.60. The molecule has 1 aromatic carbocycles. The van der Waals surface area contributed by atoms with Crippen molar-refractivity contribution in [2.24, 2.45) is 0 Å². The van der Waals surface area contributed by atoms with Crippen molar-refractivity contribution in [1.29, 1.82) is 0 Å². The van der Waals surface area contributed by atoms with E-state index >= 15 is 0 Å². The summed E-state index contributed by atoms with van der Waals surface area (Å²) in [6, 6.07) is 7.40. The first-order valence-corrected chi connectivity index (χ1v) is 10.9. The van der Waals surface area contributed by atoms with Gasteiger partial charge in [-0.15, -0.1) is 0 Å². The van der Waals surface area contributed by atoms with Crippen molar-refractivity contribution in [1.82, 2.24) is 9.80 Å². The SMILES string of the molecule is COc1ccc(/C(O)=C2/C(=O)C(=O)N(CCCN3CCOCC3)C2c2ccco2)cc1OC. The predicted octanol–water partition coefficient (Wildman–Crippen LogP) is 2.44. The predicted molar refractivity (Wildman–Crippen MR) is 119 cm³/mol. The lowest BCUT2D eigenvalue weighted by Gasteiger charge is -2.28. The maximum absolute atomic E-state index is 13.0. The highest BCUT2D eigenvalue weighted by Gasteiger charge is 2.47. The number of morpholine rings is 1. The molecule has 0 saturated carbocycles. The fourth-order valence-electron chi connectivity index (χ4n) is 4.28. The van der Waals surface area contributed by atoms with Crippen LogP contribution in [0.25, 0.3) is 5.76 Å². The van der Waals surface area contributed by atoms with Crippen molar-refractivity contribution >= 4 is 17.4 Å². The Balaban J connectivity index is 1.65. The first kappa shape index (κ1) is 22.9. The van der Waals surface area contributed by atoms with E-state index in [2.05, 4.69) is 4.90 Å². The van der Waals surface area contributed by atoms with Gasteiger partial charge in [0.15, 0.2) is 11.5 Å². The molecule has 0 bridgehead atoms. The molecule has 1 unspecified atom stereocenters. The van der Waals surface area contributed by atoms with Gasteiger partial charge in [-0.25, -0.2) is 0 Å². The Morgan fingerprint density at radius 2 is 1.85 bits per heavy atom. The fourth-order valence-corrected chi connectivity index (χ4v) is 4.28. The van der Waals surface area contributed by atoms with Gasteiger partial charge in [0, 0.05) is 31.7 Å². The Morgan fingerprint density at radius 1 is 1.09 bits per heavy atom. The number of nitrogens with zero attached hydrogens (tertiary/aromatic N) is 2. The van der Waals surface area contributed by atoms with E-state index in [1.807, 2.05) is 0 Å². The van der Waals surface area contributed by atoms with Crippen LogP contribution in [0, 0.1) is 0 Å². The molecule has 2 fully saturated rings. The largest absolute Gasteiger partial charge is 0.507 e. The highest BCUT2D eigenvalue weighted by atomic mass is 16.5.